The Hall–Kier alpha value is -1.08. The zero-order valence-electron chi connectivity index (χ0n) is 9.28. The van der Waals surface area contributed by atoms with E-state index in [-0.39, 0.29) is 5.56 Å². The number of aryl methyl sites for hydroxylation is 1. The number of alkyl halides is 3. The number of halogens is 3. The minimum atomic E-state index is -5.20. The van der Waals surface area contributed by atoms with Crippen molar-refractivity contribution in [2.75, 3.05) is 0 Å². The zero-order chi connectivity index (χ0) is 13.6. The summed E-state index contributed by atoms with van der Waals surface area (Å²) in [5.74, 6) is -1.01. The number of fused-ring (bicyclic) bond motifs is 1. The van der Waals surface area contributed by atoms with Crippen LogP contribution in [-0.4, -0.2) is 13.9 Å². The van der Waals surface area contributed by atoms with Crippen LogP contribution in [0.1, 0.15) is 10.4 Å². The van der Waals surface area contributed by atoms with Gasteiger partial charge in [-0.15, -0.1) is 11.3 Å². The predicted molar refractivity (Wildman–Crippen MR) is 65.2 cm³/mol. The Labute approximate surface area is 106 Å². The van der Waals surface area contributed by atoms with Gasteiger partial charge in [0.05, 0.1) is 5.75 Å². The largest absolute Gasteiger partial charge is 0.497 e. The van der Waals surface area contributed by atoms with Gasteiger partial charge < -0.3 is 0 Å². The fourth-order valence-electron chi connectivity index (χ4n) is 1.62. The van der Waals surface area contributed by atoms with Crippen LogP contribution in [0.25, 0.3) is 10.1 Å². The summed E-state index contributed by atoms with van der Waals surface area (Å²) in [6.07, 6.45) is 0. The summed E-state index contributed by atoms with van der Waals surface area (Å²) in [7, 11) is -5.11. The third-order valence-electron chi connectivity index (χ3n) is 2.41. The summed E-state index contributed by atoms with van der Waals surface area (Å²) < 4.78 is 59.8. The van der Waals surface area contributed by atoms with Crippen molar-refractivity contribution in [3.8, 4) is 0 Å². The Balaban J connectivity index is 2.38. The molecule has 7 heteroatoms. The number of benzene rings is 1. The third-order valence-corrected chi connectivity index (χ3v) is 4.86. The van der Waals surface area contributed by atoms with Gasteiger partial charge in [-0.05, 0) is 36.1 Å². The van der Waals surface area contributed by atoms with E-state index in [9.17, 15) is 21.6 Å². The number of sulfone groups is 1. The molecule has 0 aliphatic rings. The number of rotatable bonds is 2. The van der Waals surface area contributed by atoms with Crippen LogP contribution >= 0.6 is 11.3 Å². The van der Waals surface area contributed by atoms with Gasteiger partial charge in [0.1, 0.15) is 0 Å². The molecule has 0 radical (unpaired) electrons. The smallest absolute Gasteiger partial charge is 0.219 e. The van der Waals surface area contributed by atoms with Crippen LogP contribution in [0.15, 0.2) is 24.3 Å². The summed E-state index contributed by atoms with van der Waals surface area (Å²) in [6.45, 7) is 1.89. The fraction of sp³-hybridized carbons (Fsp3) is 0.273. The summed E-state index contributed by atoms with van der Waals surface area (Å²) in [4.78, 5) is 1.03. The van der Waals surface area contributed by atoms with Crippen molar-refractivity contribution in [3.63, 3.8) is 0 Å². The van der Waals surface area contributed by atoms with Gasteiger partial charge in [-0.3, -0.25) is 0 Å². The number of hydrogen-bond acceptors (Lipinski definition) is 3. The van der Waals surface area contributed by atoms with E-state index in [1.165, 1.54) is 23.5 Å². The fourth-order valence-corrected chi connectivity index (χ4v) is 3.30. The van der Waals surface area contributed by atoms with E-state index < -0.39 is 21.1 Å². The third kappa shape index (κ3) is 2.51. The monoisotopic (exact) mass is 294 g/mol. The van der Waals surface area contributed by atoms with Crippen LogP contribution in [-0.2, 0) is 15.6 Å². The first-order chi connectivity index (χ1) is 8.19. The van der Waals surface area contributed by atoms with Crippen molar-refractivity contribution in [3.05, 3.63) is 34.7 Å². The first-order valence-corrected chi connectivity index (χ1v) is 7.44. The SMILES string of the molecule is Cc1cc2cc(CS(=O)(=O)C(F)(F)F)ccc2s1. The van der Waals surface area contributed by atoms with Crippen LogP contribution in [0, 0.1) is 6.92 Å². The van der Waals surface area contributed by atoms with Crippen LogP contribution < -0.4 is 0 Å². The van der Waals surface area contributed by atoms with E-state index in [4.69, 9.17) is 0 Å². The molecule has 0 bridgehead atoms. The van der Waals surface area contributed by atoms with Gasteiger partial charge in [0.15, 0.2) is 0 Å². The maximum atomic E-state index is 12.3. The maximum Gasteiger partial charge on any atom is 0.497 e. The minimum Gasteiger partial charge on any atom is -0.219 e. The van der Waals surface area contributed by atoms with E-state index in [2.05, 4.69) is 0 Å². The molecule has 18 heavy (non-hydrogen) atoms. The molecule has 1 aromatic carbocycles. The van der Waals surface area contributed by atoms with E-state index in [0.29, 0.717) is 0 Å². The van der Waals surface area contributed by atoms with Crippen molar-refractivity contribution >= 4 is 31.3 Å². The Morgan fingerprint density at radius 1 is 1.22 bits per heavy atom. The molecule has 1 heterocycles. The highest BCUT2D eigenvalue weighted by atomic mass is 32.2. The molecular weight excluding hydrogens is 285 g/mol. The van der Waals surface area contributed by atoms with Crippen LogP contribution in [0.3, 0.4) is 0 Å². The first kappa shape index (κ1) is 13.4. The Bertz CT molecular complexity index is 684. The molecule has 0 amide bonds. The van der Waals surface area contributed by atoms with Crippen LogP contribution in [0.5, 0.6) is 0 Å². The summed E-state index contributed by atoms with van der Waals surface area (Å²) in [5, 5.41) is 0.771. The van der Waals surface area contributed by atoms with E-state index in [1.807, 2.05) is 13.0 Å². The van der Waals surface area contributed by atoms with Crippen molar-refractivity contribution < 1.29 is 21.6 Å². The summed E-state index contributed by atoms with van der Waals surface area (Å²) in [6, 6.07) is 6.38. The maximum absolute atomic E-state index is 12.3. The Morgan fingerprint density at radius 3 is 2.50 bits per heavy atom. The van der Waals surface area contributed by atoms with Gasteiger partial charge in [-0.1, -0.05) is 6.07 Å². The molecule has 0 aliphatic carbocycles. The highest BCUT2D eigenvalue weighted by Gasteiger charge is 2.45. The van der Waals surface area contributed by atoms with Crippen molar-refractivity contribution in [2.45, 2.75) is 18.2 Å². The summed E-state index contributed by atoms with van der Waals surface area (Å²) >= 11 is 1.51. The molecule has 0 unspecified atom stereocenters. The molecule has 0 N–H and O–H groups in total. The average Bonchev–Trinajstić information content (AvgIpc) is 2.54. The molecule has 2 rings (SSSR count). The Morgan fingerprint density at radius 2 is 1.89 bits per heavy atom. The van der Waals surface area contributed by atoms with E-state index in [0.717, 1.165) is 15.0 Å². The van der Waals surface area contributed by atoms with Gasteiger partial charge in [-0.2, -0.15) is 13.2 Å². The van der Waals surface area contributed by atoms with Crippen molar-refractivity contribution in [1.29, 1.82) is 0 Å². The van der Waals surface area contributed by atoms with E-state index >= 15 is 0 Å². The first-order valence-electron chi connectivity index (χ1n) is 4.97. The lowest BCUT2D eigenvalue weighted by Gasteiger charge is -2.07. The second kappa shape index (κ2) is 4.24. The standard InChI is InChI=1S/C11H9F3O2S2/c1-7-4-9-5-8(2-3-10(9)17-7)6-18(15,16)11(12,13)14/h2-5H,6H2,1H3. The molecule has 0 spiro atoms. The normalized spacial score (nSPS) is 13.1. The van der Waals surface area contributed by atoms with E-state index in [1.54, 1.807) is 6.07 Å². The molecule has 0 aliphatic heterocycles. The molecule has 0 saturated carbocycles. The quantitative estimate of drug-likeness (QED) is 0.847. The highest BCUT2D eigenvalue weighted by molar-refractivity contribution is 7.91. The second-order valence-electron chi connectivity index (χ2n) is 3.93. The second-order valence-corrected chi connectivity index (χ2v) is 7.20. The molecular formula is C11H9F3O2S2. The van der Waals surface area contributed by atoms with Gasteiger partial charge in [-0.25, -0.2) is 8.42 Å². The van der Waals surface area contributed by atoms with Crippen LogP contribution in [0.2, 0.25) is 0 Å². The lowest BCUT2D eigenvalue weighted by molar-refractivity contribution is -0.0437. The van der Waals surface area contributed by atoms with Crippen molar-refractivity contribution in [2.24, 2.45) is 0 Å². The lowest BCUT2D eigenvalue weighted by atomic mass is 10.2. The molecule has 0 saturated heterocycles. The van der Waals surface area contributed by atoms with Gasteiger partial charge in [0.2, 0.25) is 0 Å². The molecule has 98 valence electrons. The summed E-state index contributed by atoms with van der Waals surface area (Å²) in [5.41, 5.74) is -5.05. The Kier molecular flexibility index (Phi) is 3.14. The molecule has 2 nitrogen and oxygen atoms in total. The van der Waals surface area contributed by atoms with Gasteiger partial charge >= 0.3 is 5.51 Å². The van der Waals surface area contributed by atoms with Crippen LogP contribution in [0.4, 0.5) is 13.2 Å². The topological polar surface area (TPSA) is 34.1 Å². The number of thiophene rings is 1. The van der Waals surface area contributed by atoms with Gasteiger partial charge in [0, 0.05) is 9.58 Å². The molecule has 0 fully saturated rings. The molecule has 2 aromatic rings. The predicted octanol–water partition coefficient (Wildman–Crippen LogP) is 3.64. The molecule has 1 aromatic heterocycles. The minimum absolute atomic E-state index is 0.151. The highest BCUT2D eigenvalue weighted by Crippen LogP contribution is 2.30. The number of hydrogen-bond donors (Lipinski definition) is 0. The molecule has 0 atom stereocenters. The van der Waals surface area contributed by atoms with Gasteiger partial charge in [0.25, 0.3) is 9.84 Å². The zero-order valence-corrected chi connectivity index (χ0v) is 10.9. The average molecular weight is 294 g/mol. The lowest BCUT2D eigenvalue weighted by Crippen LogP contribution is -2.24. The van der Waals surface area contributed by atoms with Crippen molar-refractivity contribution in [1.82, 2.24) is 0 Å².